The molecule has 2 atom stereocenters. The molecule has 2 aromatic carbocycles. The number of hydrogen-bond donors (Lipinski definition) is 2. The molecule has 3 heterocycles. The zero-order valence-electron chi connectivity index (χ0n) is 19.2. The summed E-state index contributed by atoms with van der Waals surface area (Å²) >= 11 is 5.97. The summed E-state index contributed by atoms with van der Waals surface area (Å²) in [6.07, 6.45) is 4.72. The standard InChI is InChI=1S/C26H27ClF2N4O2/c27-20-12-17(3-4-21(20)28)24(26(29)7-8-30-15-26)33-25(34)18-1-2-19-14-31-23(32-22(19)13-18)11-16-5-9-35-10-6-16/h1-4,12-14,16,24,30H,5-11,15H2,(H,33,34). The average Bonchev–Trinajstić information content (AvgIpc) is 3.31. The van der Waals surface area contributed by atoms with Gasteiger partial charge in [0.1, 0.15) is 17.3 Å². The van der Waals surface area contributed by atoms with E-state index in [1.54, 1.807) is 24.4 Å². The van der Waals surface area contributed by atoms with E-state index in [4.69, 9.17) is 16.3 Å². The highest BCUT2D eigenvalue weighted by molar-refractivity contribution is 6.30. The number of aromatic nitrogens is 2. The van der Waals surface area contributed by atoms with Gasteiger partial charge in [0.15, 0.2) is 0 Å². The largest absolute Gasteiger partial charge is 0.381 e. The van der Waals surface area contributed by atoms with Gasteiger partial charge in [0.05, 0.1) is 16.6 Å². The van der Waals surface area contributed by atoms with E-state index in [0.29, 0.717) is 29.1 Å². The fourth-order valence-electron chi connectivity index (χ4n) is 4.85. The van der Waals surface area contributed by atoms with Crippen molar-refractivity contribution in [2.75, 3.05) is 26.3 Å². The quantitative estimate of drug-likeness (QED) is 0.519. The molecular weight excluding hydrogens is 474 g/mol. The van der Waals surface area contributed by atoms with E-state index in [1.807, 2.05) is 0 Å². The number of halogens is 3. The molecule has 2 saturated heterocycles. The van der Waals surface area contributed by atoms with Gasteiger partial charge < -0.3 is 15.4 Å². The normalized spacial score (nSPS) is 21.8. The molecule has 9 heteroatoms. The zero-order valence-corrected chi connectivity index (χ0v) is 20.0. The third-order valence-corrected chi connectivity index (χ3v) is 7.20. The molecule has 5 rings (SSSR count). The summed E-state index contributed by atoms with van der Waals surface area (Å²) in [4.78, 5) is 22.4. The Morgan fingerprint density at radius 3 is 2.83 bits per heavy atom. The van der Waals surface area contributed by atoms with Gasteiger partial charge in [0.25, 0.3) is 5.91 Å². The maximum Gasteiger partial charge on any atom is 0.251 e. The molecule has 6 nitrogen and oxygen atoms in total. The summed E-state index contributed by atoms with van der Waals surface area (Å²) < 4.78 is 35.0. The zero-order chi connectivity index (χ0) is 24.4. The van der Waals surface area contributed by atoms with Crippen LogP contribution in [0.2, 0.25) is 5.02 Å². The fraction of sp³-hybridized carbons (Fsp3) is 0.423. The minimum Gasteiger partial charge on any atom is -0.381 e. The second-order valence-electron chi connectivity index (χ2n) is 9.36. The Kier molecular flexibility index (Phi) is 6.95. The smallest absolute Gasteiger partial charge is 0.251 e. The second-order valence-corrected chi connectivity index (χ2v) is 9.77. The molecule has 0 aliphatic carbocycles. The number of nitrogens with zero attached hydrogens (tertiary/aromatic N) is 2. The topological polar surface area (TPSA) is 76.1 Å². The molecule has 2 fully saturated rings. The lowest BCUT2D eigenvalue weighted by atomic mass is 9.89. The summed E-state index contributed by atoms with van der Waals surface area (Å²) in [5.41, 5.74) is -0.292. The molecular formula is C26H27ClF2N4O2. The summed E-state index contributed by atoms with van der Waals surface area (Å²) in [5, 5.41) is 6.54. The molecule has 2 unspecified atom stereocenters. The van der Waals surface area contributed by atoms with Crippen molar-refractivity contribution >= 4 is 28.4 Å². The summed E-state index contributed by atoms with van der Waals surface area (Å²) in [7, 11) is 0. The molecule has 0 bridgehead atoms. The maximum absolute atomic E-state index is 15.9. The maximum atomic E-state index is 15.9. The fourth-order valence-corrected chi connectivity index (χ4v) is 5.04. The number of alkyl halides is 1. The third kappa shape index (κ3) is 5.29. The van der Waals surface area contributed by atoms with Crippen molar-refractivity contribution in [2.45, 2.75) is 37.4 Å². The van der Waals surface area contributed by atoms with Gasteiger partial charge in [0.2, 0.25) is 0 Å². The van der Waals surface area contributed by atoms with E-state index in [0.717, 1.165) is 43.7 Å². The predicted octanol–water partition coefficient (Wildman–Crippen LogP) is 4.56. The van der Waals surface area contributed by atoms with Crippen LogP contribution >= 0.6 is 11.6 Å². The van der Waals surface area contributed by atoms with Crippen LogP contribution in [0.4, 0.5) is 8.78 Å². The van der Waals surface area contributed by atoms with E-state index in [2.05, 4.69) is 20.6 Å². The SMILES string of the molecule is O=C(NC(c1ccc(F)c(Cl)c1)C1(F)CCNC1)c1ccc2cnc(CC3CCOCC3)nc2c1. The minimum atomic E-state index is -1.73. The molecule has 2 N–H and O–H groups in total. The first-order valence-electron chi connectivity index (χ1n) is 11.9. The average molecular weight is 501 g/mol. The van der Waals surface area contributed by atoms with E-state index in [-0.39, 0.29) is 18.0 Å². The van der Waals surface area contributed by atoms with Gasteiger partial charge in [-0.1, -0.05) is 23.7 Å². The number of carbonyl (C=O) groups is 1. The number of hydrogen-bond acceptors (Lipinski definition) is 5. The number of fused-ring (bicyclic) bond motifs is 1. The van der Waals surface area contributed by atoms with Gasteiger partial charge in [-0.3, -0.25) is 4.79 Å². The molecule has 2 aliphatic rings. The van der Waals surface area contributed by atoms with Gasteiger partial charge in [-0.2, -0.15) is 0 Å². The van der Waals surface area contributed by atoms with E-state index in [1.165, 1.54) is 18.2 Å². The highest BCUT2D eigenvalue weighted by Crippen LogP contribution is 2.36. The molecule has 3 aromatic rings. The number of amides is 1. The van der Waals surface area contributed by atoms with Crippen LogP contribution in [0.15, 0.2) is 42.6 Å². The monoisotopic (exact) mass is 500 g/mol. The number of benzene rings is 2. The number of rotatable bonds is 6. The van der Waals surface area contributed by atoms with Crippen LogP contribution in [0.3, 0.4) is 0 Å². The molecule has 1 amide bonds. The first-order chi connectivity index (χ1) is 16.9. The highest BCUT2D eigenvalue weighted by atomic mass is 35.5. The van der Waals surface area contributed by atoms with Crippen molar-refractivity contribution in [3.8, 4) is 0 Å². The molecule has 35 heavy (non-hydrogen) atoms. The van der Waals surface area contributed by atoms with Crippen molar-refractivity contribution in [3.05, 3.63) is 70.4 Å². The lowest BCUT2D eigenvalue weighted by Gasteiger charge is -2.31. The van der Waals surface area contributed by atoms with Crippen LogP contribution in [0.1, 0.15) is 47.1 Å². The summed E-state index contributed by atoms with van der Waals surface area (Å²) in [6, 6.07) is 8.19. The third-order valence-electron chi connectivity index (χ3n) is 6.91. The lowest BCUT2D eigenvalue weighted by molar-refractivity contribution is 0.0660. The van der Waals surface area contributed by atoms with Gasteiger partial charge in [0, 0.05) is 43.3 Å². The van der Waals surface area contributed by atoms with Crippen LogP contribution in [-0.2, 0) is 11.2 Å². The van der Waals surface area contributed by atoms with Crippen LogP contribution < -0.4 is 10.6 Å². The molecule has 184 valence electrons. The Labute approximate surface area is 207 Å². The van der Waals surface area contributed by atoms with Crippen LogP contribution in [-0.4, -0.2) is 47.8 Å². The lowest BCUT2D eigenvalue weighted by Crippen LogP contribution is -2.44. The van der Waals surface area contributed by atoms with Crippen molar-refractivity contribution < 1.29 is 18.3 Å². The Balaban J connectivity index is 1.40. The van der Waals surface area contributed by atoms with Crippen LogP contribution in [0.25, 0.3) is 10.9 Å². The van der Waals surface area contributed by atoms with E-state index >= 15 is 4.39 Å². The first kappa shape index (κ1) is 24.0. The second kappa shape index (κ2) is 10.1. The Morgan fingerprint density at radius 2 is 2.09 bits per heavy atom. The van der Waals surface area contributed by atoms with Gasteiger partial charge >= 0.3 is 0 Å². The molecule has 0 saturated carbocycles. The van der Waals surface area contributed by atoms with E-state index in [9.17, 15) is 9.18 Å². The van der Waals surface area contributed by atoms with Gasteiger partial charge in [-0.05, 0) is 61.6 Å². The minimum absolute atomic E-state index is 0.0768. The van der Waals surface area contributed by atoms with Crippen LogP contribution in [0, 0.1) is 11.7 Å². The molecule has 1 aromatic heterocycles. The number of carbonyl (C=O) groups excluding carboxylic acids is 1. The number of ether oxygens (including phenoxy) is 1. The number of nitrogens with one attached hydrogen (secondary N) is 2. The van der Waals surface area contributed by atoms with Gasteiger partial charge in [-0.15, -0.1) is 0 Å². The summed E-state index contributed by atoms with van der Waals surface area (Å²) in [5.74, 6) is 0.187. The van der Waals surface area contributed by atoms with Crippen molar-refractivity contribution in [2.24, 2.45) is 5.92 Å². The summed E-state index contributed by atoms with van der Waals surface area (Å²) in [6.45, 7) is 2.08. The Morgan fingerprint density at radius 1 is 1.26 bits per heavy atom. The molecule has 0 spiro atoms. The highest BCUT2D eigenvalue weighted by Gasteiger charge is 2.44. The predicted molar refractivity (Wildman–Crippen MR) is 130 cm³/mol. The van der Waals surface area contributed by atoms with Crippen LogP contribution in [0.5, 0.6) is 0 Å². The Hall–Kier alpha value is -2.68. The van der Waals surface area contributed by atoms with Crippen molar-refractivity contribution in [1.82, 2.24) is 20.6 Å². The first-order valence-corrected chi connectivity index (χ1v) is 12.3. The van der Waals surface area contributed by atoms with E-state index < -0.39 is 23.4 Å². The van der Waals surface area contributed by atoms with Crippen molar-refractivity contribution in [3.63, 3.8) is 0 Å². The Bertz CT molecular complexity index is 1230. The molecule has 0 radical (unpaired) electrons. The van der Waals surface area contributed by atoms with Gasteiger partial charge in [-0.25, -0.2) is 18.7 Å². The molecule has 2 aliphatic heterocycles. The van der Waals surface area contributed by atoms with Crippen molar-refractivity contribution in [1.29, 1.82) is 0 Å².